The van der Waals surface area contributed by atoms with E-state index in [1.165, 1.54) is 12.8 Å². The third-order valence-corrected chi connectivity index (χ3v) is 4.96. The monoisotopic (exact) mass is 315 g/mol. The average molecular weight is 315 g/mol. The molecular weight excluding hydrogens is 286 g/mol. The van der Waals surface area contributed by atoms with Crippen molar-refractivity contribution in [2.24, 2.45) is 5.92 Å². The summed E-state index contributed by atoms with van der Waals surface area (Å²) in [6.07, 6.45) is 5.88. The number of nitrogens with zero attached hydrogens (tertiary/aromatic N) is 1. The first-order valence-corrected chi connectivity index (χ1v) is 9.11. The Morgan fingerprint density at radius 2 is 1.83 bits per heavy atom. The summed E-state index contributed by atoms with van der Waals surface area (Å²) in [6.45, 7) is 5.98. The number of amides is 1. The molecule has 1 saturated heterocycles. The van der Waals surface area contributed by atoms with E-state index in [0.29, 0.717) is 6.54 Å². The molecule has 4 nitrogen and oxygen atoms in total. The fourth-order valence-corrected chi connectivity index (χ4v) is 3.31. The third-order valence-electron chi connectivity index (χ3n) is 4.96. The molecule has 0 bridgehead atoms. The first-order chi connectivity index (χ1) is 11.3. The van der Waals surface area contributed by atoms with Crippen molar-refractivity contribution in [3.8, 4) is 0 Å². The van der Waals surface area contributed by atoms with Gasteiger partial charge in [0.15, 0.2) is 0 Å². The lowest BCUT2D eigenvalue weighted by Gasteiger charge is -2.31. The van der Waals surface area contributed by atoms with Crippen molar-refractivity contribution in [1.82, 2.24) is 10.2 Å². The van der Waals surface area contributed by atoms with Gasteiger partial charge in [-0.1, -0.05) is 19.1 Å². The normalized spacial score (nSPS) is 19.5. The standard InChI is InChI=1S/C19H29N3O/c1-2-11-20-17-5-3-15(4-6-17)14-21-19(23)16-9-12-22(13-10-16)18-7-8-18/h3-6,16,18,20H,2,7-14H2,1H3,(H,21,23). The fourth-order valence-electron chi connectivity index (χ4n) is 3.31. The number of carbonyl (C=O) groups is 1. The van der Waals surface area contributed by atoms with E-state index in [2.05, 4.69) is 46.7 Å². The number of nitrogens with one attached hydrogen (secondary N) is 2. The summed E-state index contributed by atoms with van der Waals surface area (Å²) in [6, 6.07) is 9.19. The highest BCUT2D eigenvalue weighted by molar-refractivity contribution is 5.78. The predicted octanol–water partition coefficient (Wildman–Crippen LogP) is 3.00. The molecule has 2 aliphatic rings. The smallest absolute Gasteiger partial charge is 0.223 e. The summed E-state index contributed by atoms with van der Waals surface area (Å²) in [4.78, 5) is 14.9. The van der Waals surface area contributed by atoms with Crippen molar-refractivity contribution >= 4 is 11.6 Å². The number of benzene rings is 1. The first kappa shape index (κ1) is 16.3. The van der Waals surface area contributed by atoms with E-state index < -0.39 is 0 Å². The lowest BCUT2D eigenvalue weighted by atomic mass is 9.95. The van der Waals surface area contributed by atoms with Gasteiger partial charge in [0.25, 0.3) is 0 Å². The Morgan fingerprint density at radius 1 is 1.13 bits per heavy atom. The van der Waals surface area contributed by atoms with Crippen LogP contribution >= 0.6 is 0 Å². The minimum Gasteiger partial charge on any atom is -0.385 e. The van der Waals surface area contributed by atoms with Gasteiger partial charge in [0, 0.05) is 30.7 Å². The first-order valence-electron chi connectivity index (χ1n) is 9.11. The summed E-state index contributed by atoms with van der Waals surface area (Å²) >= 11 is 0. The van der Waals surface area contributed by atoms with Gasteiger partial charge in [-0.15, -0.1) is 0 Å². The fraction of sp³-hybridized carbons (Fsp3) is 0.632. The minimum absolute atomic E-state index is 0.204. The van der Waals surface area contributed by atoms with Crippen LogP contribution in [0.15, 0.2) is 24.3 Å². The number of carbonyl (C=O) groups excluding carboxylic acids is 1. The maximum atomic E-state index is 12.3. The van der Waals surface area contributed by atoms with E-state index in [1.54, 1.807) is 0 Å². The van der Waals surface area contributed by atoms with Crippen LogP contribution in [0.25, 0.3) is 0 Å². The topological polar surface area (TPSA) is 44.4 Å². The number of rotatable bonds is 7. The molecule has 1 aromatic carbocycles. The molecule has 1 aliphatic carbocycles. The van der Waals surface area contributed by atoms with Crippen LogP contribution in [-0.4, -0.2) is 36.5 Å². The van der Waals surface area contributed by atoms with E-state index in [9.17, 15) is 4.79 Å². The summed E-state index contributed by atoms with van der Waals surface area (Å²) in [5, 5.41) is 6.48. The van der Waals surface area contributed by atoms with Gasteiger partial charge in [0.05, 0.1) is 0 Å². The highest BCUT2D eigenvalue weighted by Crippen LogP contribution is 2.30. The Morgan fingerprint density at radius 3 is 2.43 bits per heavy atom. The number of hydrogen-bond donors (Lipinski definition) is 2. The molecular formula is C19H29N3O. The van der Waals surface area contributed by atoms with Crippen molar-refractivity contribution in [2.45, 2.75) is 51.6 Å². The largest absolute Gasteiger partial charge is 0.385 e. The lowest BCUT2D eigenvalue weighted by Crippen LogP contribution is -2.41. The Balaban J connectivity index is 1.40. The molecule has 1 heterocycles. The SMILES string of the molecule is CCCNc1ccc(CNC(=O)C2CCN(C3CC3)CC2)cc1. The van der Waals surface area contributed by atoms with E-state index in [0.717, 1.165) is 56.2 Å². The minimum atomic E-state index is 0.204. The van der Waals surface area contributed by atoms with E-state index in [1.807, 2.05) is 0 Å². The Kier molecular flexibility index (Phi) is 5.55. The van der Waals surface area contributed by atoms with Crippen LogP contribution in [0, 0.1) is 5.92 Å². The van der Waals surface area contributed by atoms with Gasteiger partial charge in [-0.2, -0.15) is 0 Å². The summed E-state index contributed by atoms with van der Waals surface area (Å²) < 4.78 is 0. The van der Waals surface area contributed by atoms with Gasteiger partial charge < -0.3 is 15.5 Å². The molecule has 126 valence electrons. The summed E-state index contributed by atoms with van der Waals surface area (Å²) in [5.41, 5.74) is 2.31. The van der Waals surface area contributed by atoms with Crippen molar-refractivity contribution < 1.29 is 4.79 Å². The molecule has 0 spiro atoms. The number of anilines is 1. The Bertz CT molecular complexity index is 502. The van der Waals surface area contributed by atoms with Gasteiger partial charge in [0.1, 0.15) is 0 Å². The third kappa shape index (κ3) is 4.71. The highest BCUT2D eigenvalue weighted by atomic mass is 16.1. The molecule has 1 amide bonds. The molecule has 0 aromatic heterocycles. The Labute approximate surface area is 139 Å². The van der Waals surface area contributed by atoms with Crippen LogP contribution in [0.3, 0.4) is 0 Å². The molecule has 3 rings (SSSR count). The molecule has 0 atom stereocenters. The van der Waals surface area contributed by atoms with Crippen LogP contribution in [0.1, 0.15) is 44.6 Å². The van der Waals surface area contributed by atoms with Crippen molar-refractivity contribution in [3.05, 3.63) is 29.8 Å². The van der Waals surface area contributed by atoms with Gasteiger partial charge >= 0.3 is 0 Å². The van der Waals surface area contributed by atoms with Crippen molar-refractivity contribution in [2.75, 3.05) is 25.0 Å². The van der Waals surface area contributed by atoms with Crippen molar-refractivity contribution in [1.29, 1.82) is 0 Å². The average Bonchev–Trinajstić information content (AvgIpc) is 3.44. The van der Waals surface area contributed by atoms with Crippen LogP contribution in [0.4, 0.5) is 5.69 Å². The molecule has 1 saturated carbocycles. The highest BCUT2D eigenvalue weighted by Gasteiger charge is 2.33. The maximum Gasteiger partial charge on any atom is 0.223 e. The van der Waals surface area contributed by atoms with E-state index >= 15 is 0 Å². The Hall–Kier alpha value is -1.55. The van der Waals surface area contributed by atoms with Crippen LogP contribution in [0.5, 0.6) is 0 Å². The van der Waals surface area contributed by atoms with Gasteiger partial charge in [-0.3, -0.25) is 4.79 Å². The maximum absolute atomic E-state index is 12.3. The second-order valence-corrected chi connectivity index (χ2v) is 6.88. The number of hydrogen-bond acceptors (Lipinski definition) is 3. The van der Waals surface area contributed by atoms with Gasteiger partial charge in [-0.05, 0) is 62.9 Å². The zero-order valence-electron chi connectivity index (χ0n) is 14.2. The predicted molar refractivity (Wildman–Crippen MR) is 94.4 cm³/mol. The number of piperidine rings is 1. The summed E-state index contributed by atoms with van der Waals surface area (Å²) in [5.74, 6) is 0.434. The molecule has 4 heteroatoms. The quantitative estimate of drug-likeness (QED) is 0.813. The van der Waals surface area contributed by atoms with Gasteiger partial charge in [0.2, 0.25) is 5.91 Å². The van der Waals surface area contributed by atoms with Crippen LogP contribution < -0.4 is 10.6 Å². The van der Waals surface area contributed by atoms with Crippen molar-refractivity contribution in [3.63, 3.8) is 0 Å². The molecule has 1 aromatic rings. The van der Waals surface area contributed by atoms with Crippen LogP contribution in [0.2, 0.25) is 0 Å². The molecule has 2 N–H and O–H groups in total. The second kappa shape index (κ2) is 7.82. The number of likely N-dealkylation sites (tertiary alicyclic amines) is 1. The lowest BCUT2D eigenvalue weighted by molar-refractivity contribution is -0.126. The second-order valence-electron chi connectivity index (χ2n) is 6.88. The molecule has 1 aliphatic heterocycles. The van der Waals surface area contributed by atoms with Gasteiger partial charge in [-0.25, -0.2) is 0 Å². The van der Waals surface area contributed by atoms with E-state index in [4.69, 9.17) is 0 Å². The summed E-state index contributed by atoms with van der Waals surface area (Å²) in [7, 11) is 0. The zero-order valence-corrected chi connectivity index (χ0v) is 14.2. The van der Waals surface area contributed by atoms with Crippen LogP contribution in [-0.2, 0) is 11.3 Å². The molecule has 23 heavy (non-hydrogen) atoms. The molecule has 0 unspecified atom stereocenters. The van der Waals surface area contributed by atoms with E-state index in [-0.39, 0.29) is 11.8 Å². The molecule has 0 radical (unpaired) electrons. The zero-order chi connectivity index (χ0) is 16.1. The molecule has 2 fully saturated rings.